The van der Waals surface area contributed by atoms with Crippen LogP contribution in [0.2, 0.25) is 0 Å². The molecule has 5 nitrogen and oxygen atoms in total. The average molecular weight is 333 g/mol. The molecular formula is C17H23N3O2S. The van der Waals surface area contributed by atoms with Gasteiger partial charge >= 0.3 is 0 Å². The van der Waals surface area contributed by atoms with Gasteiger partial charge in [0.2, 0.25) is 11.8 Å². The Labute approximate surface area is 141 Å². The van der Waals surface area contributed by atoms with Crippen LogP contribution < -0.4 is 10.6 Å². The Morgan fingerprint density at radius 3 is 2.78 bits per heavy atom. The van der Waals surface area contributed by atoms with Crippen molar-refractivity contribution in [3.63, 3.8) is 0 Å². The quantitative estimate of drug-likeness (QED) is 0.870. The molecule has 0 bridgehead atoms. The summed E-state index contributed by atoms with van der Waals surface area (Å²) in [6.45, 7) is 8.78. The van der Waals surface area contributed by atoms with Gasteiger partial charge in [-0.05, 0) is 31.4 Å². The molecule has 1 fully saturated rings. The highest BCUT2D eigenvalue weighted by atomic mass is 32.2. The topological polar surface area (TPSA) is 70.6 Å². The summed E-state index contributed by atoms with van der Waals surface area (Å²) in [6, 6.07) is 5.86. The van der Waals surface area contributed by atoms with Crippen molar-refractivity contribution < 1.29 is 9.59 Å². The number of nitrogens with zero attached hydrogens (tertiary/aromatic N) is 1. The van der Waals surface area contributed by atoms with E-state index in [4.69, 9.17) is 0 Å². The van der Waals surface area contributed by atoms with Crippen LogP contribution in [0.1, 0.15) is 31.4 Å². The summed E-state index contributed by atoms with van der Waals surface area (Å²) in [6.07, 6.45) is 0.143. The van der Waals surface area contributed by atoms with E-state index >= 15 is 0 Å². The van der Waals surface area contributed by atoms with E-state index in [-0.39, 0.29) is 18.2 Å². The van der Waals surface area contributed by atoms with Crippen molar-refractivity contribution in [3.8, 4) is 0 Å². The molecule has 6 heteroatoms. The van der Waals surface area contributed by atoms with Gasteiger partial charge in [-0.1, -0.05) is 43.3 Å². The number of amides is 2. The molecule has 1 aromatic rings. The Bertz CT molecular complexity index is 641. The minimum absolute atomic E-state index is 0.143. The van der Waals surface area contributed by atoms with Gasteiger partial charge in [0.05, 0.1) is 0 Å². The van der Waals surface area contributed by atoms with Crippen LogP contribution in [0.4, 0.5) is 5.69 Å². The maximum absolute atomic E-state index is 12.2. The van der Waals surface area contributed by atoms with E-state index in [1.165, 1.54) is 11.8 Å². The minimum atomic E-state index is -0.410. The van der Waals surface area contributed by atoms with Crippen LogP contribution in [0.15, 0.2) is 23.2 Å². The SMILES string of the molecule is Cc1ccc(NC(=O)C[C@H]2SC(=NCC(C)C)NC2=O)c(C)c1. The minimum Gasteiger partial charge on any atom is -0.326 e. The van der Waals surface area contributed by atoms with E-state index in [1.807, 2.05) is 32.0 Å². The standard InChI is InChI=1S/C17H23N3O2S/c1-10(2)9-18-17-20-16(22)14(23-17)8-15(21)19-13-6-5-11(3)7-12(13)4/h5-7,10,14H,8-9H2,1-4H3,(H,19,21)(H,18,20,22)/t14-/m1/s1. The number of carbonyl (C=O) groups is 2. The van der Waals surface area contributed by atoms with E-state index in [1.54, 1.807) is 0 Å². The highest BCUT2D eigenvalue weighted by Crippen LogP contribution is 2.24. The van der Waals surface area contributed by atoms with Crippen molar-refractivity contribution in [1.82, 2.24) is 5.32 Å². The van der Waals surface area contributed by atoms with Crippen LogP contribution in [0.3, 0.4) is 0 Å². The van der Waals surface area contributed by atoms with Gasteiger partial charge in [-0.3, -0.25) is 14.6 Å². The van der Waals surface area contributed by atoms with Gasteiger partial charge < -0.3 is 10.6 Å². The molecule has 1 aromatic carbocycles. The summed E-state index contributed by atoms with van der Waals surface area (Å²) in [5, 5.41) is 5.83. The van der Waals surface area contributed by atoms with Crippen LogP contribution in [-0.2, 0) is 9.59 Å². The van der Waals surface area contributed by atoms with Crippen molar-refractivity contribution in [1.29, 1.82) is 0 Å². The Balaban J connectivity index is 1.92. The molecule has 1 atom stereocenters. The van der Waals surface area contributed by atoms with Crippen LogP contribution >= 0.6 is 11.8 Å². The van der Waals surface area contributed by atoms with Gasteiger partial charge in [0.15, 0.2) is 5.17 Å². The van der Waals surface area contributed by atoms with E-state index in [0.29, 0.717) is 17.6 Å². The largest absolute Gasteiger partial charge is 0.326 e. The van der Waals surface area contributed by atoms with Crippen molar-refractivity contribution in [2.75, 3.05) is 11.9 Å². The number of anilines is 1. The van der Waals surface area contributed by atoms with Gasteiger partial charge in [-0.15, -0.1) is 0 Å². The summed E-state index contributed by atoms with van der Waals surface area (Å²) in [5.41, 5.74) is 2.95. The van der Waals surface area contributed by atoms with Crippen molar-refractivity contribution in [3.05, 3.63) is 29.3 Å². The fourth-order valence-electron chi connectivity index (χ4n) is 2.20. The Hall–Kier alpha value is -1.82. The Kier molecular flexibility index (Phi) is 5.82. The molecular weight excluding hydrogens is 310 g/mol. The number of aliphatic imine (C=N–C) groups is 1. The second-order valence-corrected chi connectivity index (χ2v) is 7.40. The molecule has 1 saturated heterocycles. The van der Waals surface area contributed by atoms with Gasteiger partial charge in [0, 0.05) is 18.7 Å². The second-order valence-electron chi connectivity index (χ2n) is 6.21. The van der Waals surface area contributed by atoms with Gasteiger partial charge in [0.25, 0.3) is 0 Å². The average Bonchev–Trinajstić information content (AvgIpc) is 2.80. The number of nitrogens with one attached hydrogen (secondary N) is 2. The molecule has 2 amide bonds. The molecule has 0 aromatic heterocycles. The van der Waals surface area contributed by atoms with E-state index in [9.17, 15) is 9.59 Å². The van der Waals surface area contributed by atoms with Crippen molar-refractivity contribution >= 4 is 34.4 Å². The number of thioether (sulfide) groups is 1. The number of amidine groups is 1. The lowest BCUT2D eigenvalue weighted by Crippen LogP contribution is -2.28. The fourth-order valence-corrected chi connectivity index (χ4v) is 3.18. The number of aryl methyl sites for hydroxylation is 2. The van der Waals surface area contributed by atoms with Gasteiger partial charge in [-0.2, -0.15) is 0 Å². The Morgan fingerprint density at radius 2 is 2.13 bits per heavy atom. The fraction of sp³-hybridized carbons (Fsp3) is 0.471. The maximum Gasteiger partial charge on any atom is 0.240 e. The van der Waals surface area contributed by atoms with E-state index < -0.39 is 5.25 Å². The summed E-state index contributed by atoms with van der Waals surface area (Å²) >= 11 is 1.33. The molecule has 0 saturated carbocycles. The molecule has 1 aliphatic heterocycles. The zero-order valence-electron chi connectivity index (χ0n) is 14.0. The zero-order valence-corrected chi connectivity index (χ0v) is 14.8. The Morgan fingerprint density at radius 1 is 1.39 bits per heavy atom. The number of rotatable bonds is 5. The number of hydrogen-bond acceptors (Lipinski definition) is 4. The first-order valence-corrected chi connectivity index (χ1v) is 8.62. The summed E-state index contributed by atoms with van der Waals surface area (Å²) in [5.74, 6) is 0.134. The smallest absolute Gasteiger partial charge is 0.240 e. The van der Waals surface area contributed by atoms with Crippen LogP contribution in [0.5, 0.6) is 0 Å². The third kappa shape index (κ3) is 5.10. The molecule has 1 aliphatic rings. The van der Waals surface area contributed by atoms with Gasteiger partial charge in [-0.25, -0.2) is 0 Å². The molecule has 23 heavy (non-hydrogen) atoms. The molecule has 0 aliphatic carbocycles. The third-order valence-corrected chi connectivity index (χ3v) is 4.52. The first-order chi connectivity index (χ1) is 10.8. The highest BCUT2D eigenvalue weighted by Gasteiger charge is 2.32. The second kappa shape index (κ2) is 7.64. The zero-order chi connectivity index (χ0) is 17.0. The lowest BCUT2D eigenvalue weighted by Gasteiger charge is -2.10. The molecule has 0 unspecified atom stereocenters. The predicted molar refractivity (Wildman–Crippen MR) is 95.8 cm³/mol. The van der Waals surface area contributed by atoms with Crippen molar-refractivity contribution in [2.24, 2.45) is 10.9 Å². The molecule has 124 valence electrons. The molecule has 1 heterocycles. The maximum atomic E-state index is 12.2. The summed E-state index contributed by atoms with van der Waals surface area (Å²) < 4.78 is 0. The highest BCUT2D eigenvalue weighted by molar-refractivity contribution is 8.15. The lowest BCUT2D eigenvalue weighted by atomic mass is 10.1. The normalized spacial score (nSPS) is 19.3. The number of hydrogen-bond donors (Lipinski definition) is 2. The monoisotopic (exact) mass is 333 g/mol. The van der Waals surface area contributed by atoms with E-state index in [0.717, 1.165) is 16.8 Å². The summed E-state index contributed by atoms with van der Waals surface area (Å²) in [7, 11) is 0. The van der Waals surface area contributed by atoms with Crippen LogP contribution in [0, 0.1) is 19.8 Å². The molecule has 2 N–H and O–H groups in total. The summed E-state index contributed by atoms with van der Waals surface area (Å²) in [4.78, 5) is 28.5. The number of benzene rings is 1. The molecule has 2 rings (SSSR count). The van der Waals surface area contributed by atoms with Crippen LogP contribution in [-0.4, -0.2) is 28.8 Å². The molecule has 0 radical (unpaired) electrons. The number of carbonyl (C=O) groups excluding carboxylic acids is 2. The molecule has 0 spiro atoms. The van der Waals surface area contributed by atoms with Gasteiger partial charge in [0.1, 0.15) is 5.25 Å². The first kappa shape index (κ1) is 17.5. The van der Waals surface area contributed by atoms with Crippen LogP contribution in [0.25, 0.3) is 0 Å². The third-order valence-electron chi connectivity index (χ3n) is 3.40. The van der Waals surface area contributed by atoms with E-state index in [2.05, 4.69) is 29.5 Å². The lowest BCUT2D eigenvalue weighted by molar-refractivity contribution is -0.122. The first-order valence-electron chi connectivity index (χ1n) is 7.74. The predicted octanol–water partition coefficient (Wildman–Crippen LogP) is 2.88. The van der Waals surface area contributed by atoms with Crippen molar-refractivity contribution in [2.45, 2.75) is 39.4 Å².